The largest absolute Gasteiger partial charge is 0.314 e. The van der Waals surface area contributed by atoms with Crippen LogP contribution in [0.2, 0.25) is 0 Å². The molecule has 2 rings (SSSR count). The van der Waals surface area contributed by atoms with Crippen molar-refractivity contribution in [1.82, 2.24) is 5.32 Å². The zero-order chi connectivity index (χ0) is 13.0. The van der Waals surface area contributed by atoms with Gasteiger partial charge in [-0.2, -0.15) is 11.3 Å². The molecule has 0 saturated heterocycles. The molecule has 0 aromatic carbocycles. The normalized spacial score (nSPS) is 28.8. The van der Waals surface area contributed by atoms with Crippen molar-refractivity contribution < 1.29 is 0 Å². The molecule has 102 valence electrons. The molecule has 1 aromatic rings. The number of nitrogens with one attached hydrogen (secondary N) is 1. The van der Waals surface area contributed by atoms with E-state index < -0.39 is 0 Å². The van der Waals surface area contributed by atoms with Gasteiger partial charge in [-0.25, -0.2) is 0 Å². The Morgan fingerprint density at radius 1 is 1.39 bits per heavy atom. The molecule has 3 unspecified atom stereocenters. The molecule has 1 aliphatic rings. The average molecular weight is 265 g/mol. The van der Waals surface area contributed by atoms with Gasteiger partial charge in [0.05, 0.1) is 0 Å². The molecule has 0 radical (unpaired) electrons. The molecular formula is C16H27NS. The third-order valence-corrected chi connectivity index (χ3v) is 5.14. The molecule has 1 saturated carbocycles. The average Bonchev–Trinajstić information content (AvgIpc) is 2.89. The molecule has 1 aliphatic carbocycles. The van der Waals surface area contributed by atoms with E-state index >= 15 is 0 Å². The van der Waals surface area contributed by atoms with E-state index in [4.69, 9.17) is 0 Å². The SMILES string of the molecule is CCC1CCC(CNC(C)C)C(c2ccsc2)C1. The lowest BCUT2D eigenvalue weighted by Crippen LogP contribution is -2.34. The number of hydrogen-bond acceptors (Lipinski definition) is 2. The lowest BCUT2D eigenvalue weighted by Gasteiger charge is -2.36. The second-order valence-electron chi connectivity index (χ2n) is 6.07. The molecule has 1 nitrogen and oxygen atoms in total. The van der Waals surface area contributed by atoms with Crippen LogP contribution in [0.4, 0.5) is 0 Å². The Balaban J connectivity index is 2.02. The van der Waals surface area contributed by atoms with Gasteiger partial charge in [0.1, 0.15) is 0 Å². The van der Waals surface area contributed by atoms with Gasteiger partial charge >= 0.3 is 0 Å². The molecule has 0 aliphatic heterocycles. The van der Waals surface area contributed by atoms with Gasteiger partial charge in [-0.3, -0.25) is 0 Å². The van der Waals surface area contributed by atoms with Gasteiger partial charge in [0, 0.05) is 6.04 Å². The summed E-state index contributed by atoms with van der Waals surface area (Å²) >= 11 is 1.85. The first kappa shape index (κ1) is 14.1. The molecular weight excluding hydrogens is 238 g/mol. The van der Waals surface area contributed by atoms with Crippen LogP contribution in [0, 0.1) is 11.8 Å². The Bertz CT molecular complexity index is 331. The van der Waals surface area contributed by atoms with Gasteiger partial charge in [0.25, 0.3) is 0 Å². The maximum absolute atomic E-state index is 3.64. The quantitative estimate of drug-likeness (QED) is 0.816. The molecule has 0 spiro atoms. The van der Waals surface area contributed by atoms with Crippen molar-refractivity contribution in [2.45, 2.75) is 58.4 Å². The van der Waals surface area contributed by atoms with Gasteiger partial charge in [0.2, 0.25) is 0 Å². The summed E-state index contributed by atoms with van der Waals surface area (Å²) in [5, 5.41) is 8.24. The van der Waals surface area contributed by atoms with Crippen LogP contribution >= 0.6 is 11.3 Å². The van der Waals surface area contributed by atoms with Gasteiger partial charge in [-0.1, -0.05) is 33.6 Å². The molecule has 18 heavy (non-hydrogen) atoms. The summed E-state index contributed by atoms with van der Waals surface area (Å²) in [6.07, 6.45) is 5.59. The summed E-state index contributed by atoms with van der Waals surface area (Å²) in [5.74, 6) is 2.58. The Hall–Kier alpha value is -0.340. The van der Waals surface area contributed by atoms with Crippen molar-refractivity contribution in [3.63, 3.8) is 0 Å². The summed E-state index contributed by atoms with van der Waals surface area (Å²) in [5.41, 5.74) is 1.59. The second-order valence-corrected chi connectivity index (χ2v) is 6.85. The predicted octanol–water partition coefficient (Wildman–Crippen LogP) is 4.66. The van der Waals surface area contributed by atoms with E-state index in [2.05, 4.69) is 42.9 Å². The zero-order valence-electron chi connectivity index (χ0n) is 12.0. The molecule has 1 heterocycles. The highest BCUT2D eigenvalue weighted by Gasteiger charge is 2.30. The topological polar surface area (TPSA) is 12.0 Å². The van der Waals surface area contributed by atoms with E-state index in [0.717, 1.165) is 17.8 Å². The van der Waals surface area contributed by atoms with E-state index in [1.165, 1.54) is 32.2 Å². The summed E-state index contributed by atoms with van der Waals surface area (Å²) in [7, 11) is 0. The molecule has 1 N–H and O–H groups in total. The number of rotatable bonds is 5. The van der Waals surface area contributed by atoms with Gasteiger partial charge in [-0.05, 0) is 59.5 Å². The van der Waals surface area contributed by atoms with Crippen LogP contribution in [0.25, 0.3) is 0 Å². The first-order chi connectivity index (χ1) is 8.70. The Kier molecular flexibility index (Phi) is 5.25. The fourth-order valence-corrected chi connectivity index (χ4v) is 3.94. The maximum Gasteiger partial charge on any atom is 0.00104 e. The minimum Gasteiger partial charge on any atom is -0.314 e. The number of thiophene rings is 1. The lowest BCUT2D eigenvalue weighted by molar-refractivity contribution is 0.223. The third-order valence-electron chi connectivity index (χ3n) is 4.44. The van der Waals surface area contributed by atoms with E-state index in [-0.39, 0.29) is 0 Å². The summed E-state index contributed by atoms with van der Waals surface area (Å²) in [6.45, 7) is 8.03. The maximum atomic E-state index is 3.64. The molecule has 0 bridgehead atoms. The third kappa shape index (κ3) is 3.58. The highest BCUT2D eigenvalue weighted by Crippen LogP contribution is 2.42. The van der Waals surface area contributed by atoms with E-state index in [9.17, 15) is 0 Å². The molecule has 1 fully saturated rings. The first-order valence-electron chi connectivity index (χ1n) is 7.46. The Morgan fingerprint density at radius 3 is 2.83 bits per heavy atom. The predicted molar refractivity (Wildman–Crippen MR) is 81.3 cm³/mol. The van der Waals surface area contributed by atoms with Crippen molar-refractivity contribution in [2.24, 2.45) is 11.8 Å². The fourth-order valence-electron chi connectivity index (χ4n) is 3.22. The molecule has 0 amide bonds. The highest BCUT2D eigenvalue weighted by atomic mass is 32.1. The van der Waals surface area contributed by atoms with Crippen molar-refractivity contribution >= 4 is 11.3 Å². The van der Waals surface area contributed by atoms with E-state index in [1.54, 1.807) is 5.56 Å². The van der Waals surface area contributed by atoms with Crippen LogP contribution in [0.1, 0.15) is 57.9 Å². The van der Waals surface area contributed by atoms with Crippen LogP contribution in [0.15, 0.2) is 16.8 Å². The first-order valence-corrected chi connectivity index (χ1v) is 8.40. The van der Waals surface area contributed by atoms with Crippen LogP contribution in [0.5, 0.6) is 0 Å². The van der Waals surface area contributed by atoms with Crippen LogP contribution in [-0.4, -0.2) is 12.6 Å². The smallest absolute Gasteiger partial charge is 0.00104 e. The second kappa shape index (κ2) is 6.72. The van der Waals surface area contributed by atoms with Gasteiger partial charge < -0.3 is 5.32 Å². The van der Waals surface area contributed by atoms with Gasteiger partial charge in [0.15, 0.2) is 0 Å². The Labute approximate surface area is 116 Å². The summed E-state index contributed by atoms with van der Waals surface area (Å²) in [6, 6.07) is 2.95. The van der Waals surface area contributed by atoms with Crippen molar-refractivity contribution in [3.8, 4) is 0 Å². The van der Waals surface area contributed by atoms with E-state index in [1.807, 2.05) is 11.3 Å². The van der Waals surface area contributed by atoms with Gasteiger partial charge in [-0.15, -0.1) is 0 Å². The number of hydrogen-bond donors (Lipinski definition) is 1. The minimum atomic E-state index is 0.608. The van der Waals surface area contributed by atoms with Crippen molar-refractivity contribution in [1.29, 1.82) is 0 Å². The standard InChI is InChI=1S/C16H27NS/c1-4-13-5-6-14(10-17-12(2)3)16(9-13)15-7-8-18-11-15/h7-8,11-14,16-17H,4-6,9-10H2,1-3H3. The minimum absolute atomic E-state index is 0.608. The highest BCUT2D eigenvalue weighted by molar-refractivity contribution is 7.07. The van der Waals surface area contributed by atoms with Crippen molar-refractivity contribution in [3.05, 3.63) is 22.4 Å². The lowest BCUT2D eigenvalue weighted by atomic mass is 9.71. The monoisotopic (exact) mass is 265 g/mol. The molecule has 2 heteroatoms. The van der Waals surface area contributed by atoms with Crippen LogP contribution in [0.3, 0.4) is 0 Å². The summed E-state index contributed by atoms with van der Waals surface area (Å²) < 4.78 is 0. The van der Waals surface area contributed by atoms with Crippen LogP contribution < -0.4 is 5.32 Å². The fraction of sp³-hybridized carbons (Fsp3) is 0.750. The molecule has 1 aromatic heterocycles. The van der Waals surface area contributed by atoms with Crippen LogP contribution in [-0.2, 0) is 0 Å². The van der Waals surface area contributed by atoms with Crippen molar-refractivity contribution in [2.75, 3.05) is 6.54 Å². The molecule has 3 atom stereocenters. The zero-order valence-corrected chi connectivity index (χ0v) is 12.8. The van der Waals surface area contributed by atoms with E-state index in [0.29, 0.717) is 6.04 Å². The summed E-state index contributed by atoms with van der Waals surface area (Å²) in [4.78, 5) is 0. The Morgan fingerprint density at radius 2 is 2.22 bits per heavy atom.